The fourth-order valence-corrected chi connectivity index (χ4v) is 3.78. The van der Waals surface area contributed by atoms with Crippen molar-refractivity contribution in [3.8, 4) is 0 Å². The molecular formula is C23H24N4O2. The maximum Gasteiger partial charge on any atom is 0.257 e. The fraction of sp³-hybridized carbons (Fsp3) is 0.304. The second-order valence-electron chi connectivity index (χ2n) is 7.46. The van der Waals surface area contributed by atoms with Gasteiger partial charge in [0, 0.05) is 30.0 Å². The number of hydrogen-bond donors (Lipinski definition) is 2. The number of benzene rings is 1. The van der Waals surface area contributed by atoms with Gasteiger partial charge >= 0.3 is 0 Å². The molecular weight excluding hydrogens is 364 g/mol. The summed E-state index contributed by atoms with van der Waals surface area (Å²) in [5.41, 5.74) is 2.09. The highest BCUT2D eigenvalue weighted by Gasteiger charge is 2.17. The van der Waals surface area contributed by atoms with Gasteiger partial charge in [0.05, 0.1) is 22.3 Å². The van der Waals surface area contributed by atoms with Crippen molar-refractivity contribution < 1.29 is 9.59 Å². The quantitative estimate of drug-likeness (QED) is 0.652. The van der Waals surface area contributed by atoms with Crippen LogP contribution in [-0.4, -0.2) is 27.8 Å². The van der Waals surface area contributed by atoms with Crippen LogP contribution in [0.5, 0.6) is 0 Å². The Hall–Kier alpha value is -3.28. The van der Waals surface area contributed by atoms with Gasteiger partial charge in [0.25, 0.3) is 11.8 Å². The van der Waals surface area contributed by atoms with Crippen LogP contribution in [0.4, 0.5) is 5.69 Å². The van der Waals surface area contributed by atoms with Crippen LogP contribution in [0.3, 0.4) is 0 Å². The van der Waals surface area contributed by atoms with Crippen LogP contribution in [0.2, 0.25) is 0 Å². The summed E-state index contributed by atoms with van der Waals surface area (Å²) in [7, 11) is 0. The maximum atomic E-state index is 12.8. The van der Waals surface area contributed by atoms with Crippen molar-refractivity contribution in [1.29, 1.82) is 0 Å². The van der Waals surface area contributed by atoms with E-state index in [-0.39, 0.29) is 17.9 Å². The average molecular weight is 388 g/mol. The summed E-state index contributed by atoms with van der Waals surface area (Å²) >= 11 is 0. The molecule has 2 aromatic heterocycles. The Morgan fingerprint density at radius 1 is 0.897 bits per heavy atom. The van der Waals surface area contributed by atoms with E-state index >= 15 is 0 Å². The fourth-order valence-electron chi connectivity index (χ4n) is 3.78. The van der Waals surface area contributed by atoms with E-state index in [9.17, 15) is 9.59 Å². The average Bonchev–Trinajstić information content (AvgIpc) is 3.03. The van der Waals surface area contributed by atoms with E-state index < -0.39 is 0 Å². The highest BCUT2D eigenvalue weighted by molar-refractivity contribution is 6.09. The van der Waals surface area contributed by atoms with Crippen molar-refractivity contribution in [3.63, 3.8) is 0 Å². The van der Waals surface area contributed by atoms with Gasteiger partial charge in [0.15, 0.2) is 0 Å². The number of hydrogen-bond acceptors (Lipinski definition) is 4. The Bertz CT molecular complexity index is 1020. The second-order valence-corrected chi connectivity index (χ2v) is 7.46. The molecule has 2 N–H and O–H groups in total. The molecule has 1 aromatic carbocycles. The third kappa shape index (κ3) is 4.59. The van der Waals surface area contributed by atoms with Gasteiger partial charge in [0.1, 0.15) is 0 Å². The Balaban J connectivity index is 1.49. The number of fused-ring (bicyclic) bond motifs is 1. The molecule has 29 heavy (non-hydrogen) atoms. The van der Waals surface area contributed by atoms with Crippen LogP contribution >= 0.6 is 0 Å². The number of aromatic nitrogens is 2. The molecule has 4 rings (SSSR count). The number of pyridine rings is 2. The molecule has 1 fully saturated rings. The van der Waals surface area contributed by atoms with Gasteiger partial charge < -0.3 is 10.6 Å². The molecule has 6 nitrogen and oxygen atoms in total. The third-order valence-corrected chi connectivity index (χ3v) is 5.33. The van der Waals surface area contributed by atoms with E-state index in [4.69, 9.17) is 0 Å². The van der Waals surface area contributed by atoms with Crippen molar-refractivity contribution in [3.05, 3.63) is 66.1 Å². The Labute approximate surface area is 169 Å². The molecule has 2 heterocycles. The zero-order valence-corrected chi connectivity index (χ0v) is 16.2. The number of amides is 2. The van der Waals surface area contributed by atoms with Crippen molar-refractivity contribution >= 4 is 28.4 Å². The number of carbonyl (C=O) groups excluding carboxylic acids is 2. The van der Waals surface area contributed by atoms with Gasteiger partial charge in [-0.3, -0.25) is 19.6 Å². The largest absolute Gasteiger partial charge is 0.349 e. The predicted octanol–water partition coefficient (Wildman–Crippen LogP) is 4.33. The first-order valence-electron chi connectivity index (χ1n) is 10.1. The molecule has 0 radical (unpaired) electrons. The lowest BCUT2D eigenvalue weighted by Crippen LogP contribution is -2.34. The molecule has 148 valence electrons. The lowest BCUT2D eigenvalue weighted by Gasteiger charge is -2.16. The van der Waals surface area contributed by atoms with E-state index in [0.717, 1.165) is 36.6 Å². The number of para-hydroxylation sites is 1. The lowest BCUT2D eigenvalue weighted by atomic mass is 10.1. The van der Waals surface area contributed by atoms with E-state index in [2.05, 4.69) is 20.6 Å². The molecule has 0 spiro atoms. The van der Waals surface area contributed by atoms with Gasteiger partial charge in [-0.2, -0.15) is 0 Å². The normalized spacial score (nSPS) is 14.9. The predicted molar refractivity (Wildman–Crippen MR) is 113 cm³/mol. The maximum absolute atomic E-state index is 12.8. The lowest BCUT2D eigenvalue weighted by molar-refractivity contribution is 0.0933. The first-order chi connectivity index (χ1) is 14.2. The van der Waals surface area contributed by atoms with Crippen LogP contribution in [0, 0.1) is 0 Å². The SMILES string of the molecule is O=C(Nc1cccc2cccnc12)c1cncc(C(=O)NC2CCCCCC2)c1. The van der Waals surface area contributed by atoms with Crippen LogP contribution in [0.25, 0.3) is 10.9 Å². The summed E-state index contributed by atoms with van der Waals surface area (Å²) in [5.74, 6) is -0.495. The molecule has 3 aromatic rings. The molecule has 0 unspecified atom stereocenters. The number of nitrogens with zero attached hydrogens (tertiary/aromatic N) is 2. The summed E-state index contributed by atoms with van der Waals surface area (Å²) in [6, 6.07) is 11.2. The Morgan fingerprint density at radius 3 is 2.41 bits per heavy atom. The number of anilines is 1. The minimum absolute atomic E-state index is 0.175. The van der Waals surface area contributed by atoms with Gasteiger partial charge in [0.2, 0.25) is 0 Å². The van der Waals surface area contributed by atoms with Crippen LogP contribution in [-0.2, 0) is 0 Å². The third-order valence-electron chi connectivity index (χ3n) is 5.33. The van der Waals surface area contributed by atoms with E-state index in [1.807, 2.05) is 30.3 Å². The van der Waals surface area contributed by atoms with E-state index in [1.165, 1.54) is 25.2 Å². The van der Waals surface area contributed by atoms with Crippen molar-refractivity contribution in [1.82, 2.24) is 15.3 Å². The summed E-state index contributed by atoms with van der Waals surface area (Å²) in [6.45, 7) is 0. The highest BCUT2D eigenvalue weighted by atomic mass is 16.2. The monoisotopic (exact) mass is 388 g/mol. The molecule has 0 atom stereocenters. The van der Waals surface area contributed by atoms with Gasteiger partial charge in [-0.05, 0) is 31.0 Å². The molecule has 1 aliphatic rings. The van der Waals surface area contributed by atoms with Crippen LogP contribution in [0.1, 0.15) is 59.2 Å². The van der Waals surface area contributed by atoms with E-state index in [0.29, 0.717) is 16.8 Å². The second kappa shape index (κ2) is 8.82. The zero-order chi connectivity index (χ0) is 20.1. The summed E-state index contributed by atoms with van der Waals surface area (Å²) in [5, 5.41) is 6.92. The summed E-state index contributed by atoms with van der Waals surface area (Å²) < 4.78 is 0. The molecule has 0 bridgehead atoms. The molecule has 0 saturated heterocycles. The minimum Gasteiger partial charge on any atom is -0.349 e. The summed E-state index contributed by atoms with van der Waals surface area (Å²) in [6.07, 6.45) is 11.4. The molecule has 1 saturated carbocycles. The molecule has 2 amide bonds. The number of rotatable bonds is 4. The summed E-state index contributed by atoms with van der Waals surface area (Å²) in [4.78, 5) is 33.9. The topological polar surface area (TPSA) is 84.0 Å². The first kappa shape index (κ1) is 19.1. The molecule has 1 aliphatic carbocycles. The van der Waals surface area contributed by atoms with Gasteiger partial charge in [-0.1, -0.05) is 43.9 Å². The Kier molecular flexibility index (Phi) is 5.79. The van der Waals surface area contributed by atoms with Gasteiger partial charge in [-0.25, -0.2) is 0 Å². The zero-order valence-electron chi connectivity index (χ0n) is 16.2. The van der Waals surface area contributed by atoms with E-state index in [1.54, 1.807) is 12.3 Å². The van der Waals surface area contributed by atoms with Crippen LogP contribution in [0.15, 0.2) is 55.0 Å². The van der Waals surface area contributed by atoms with Crippen molar-refractivity contribution in [2.24, 2.45) is 0 Å². The standard InChI is InChI=1S/C23H24N4O2/c28-22(26-19-9-3-1-2-4-10-19)17-13-18(15-24-14-17)23(29)27-20-11-5-7-16-8-6-12-25-21(16)20/h5-8,11-15,19H,1-4,9-10H2,(H,26,28)(H,27,29). The minimum atomic E-state index is -0.320. The number of carbonyl (C=O) groups is 2. The first-order valence-corrected chi connectivity index (χ1v) is 10.1. The van der Waals surface area contributed by atoms with Gasteiger partial charge in [-0.15, -0.1) is 0 Å². The van der Waals surface area contributed by atoms with Crippen molar-refractivity contribution in [2.45, 2.75) is 44.6 Å². The smallest absolute Gasteiger partial charge is 0.257 e. The Morgan fingerprint density at radius 2 is 1.62 bits per heavy atom. The number of nitrogens with one attached hydrogen (secondary N) is 2. The highest BCUT2D eigenvalue weighted by Crippen LogP contribution is 2.21. The van der Waals surface area contributed by atoms with Crippen molar-refractivity contribution in [2.75, 3.05) is 5.32 Å². The van der Waals surface area contributed by atoms with Crippen LogP contribution < -0.4 is 10.6 Å². The molecule has 0 aliphatic heterocycles. The molecule has 6 heteroatoms.